The van der Waals surface area contributed by atoms with Crippen molar-refractivity contribution in [3.63, 3.8) is 0 Å². The minimum Gasteiger partial charge on any atom is -0.481 e. The summed E-state index contributed by atoms with van der Waals surface area (Å²) in [4.78, 5) is 39.2. The molecular formula is C19H24N4O4. The number of nitrogens with one attached hydrogen (secondary N) is 2. The molecule has 0 saturated carbocycles. The van der Waals surface area contributed by atoms with Gasteiger partial charge < -0.3 is 20.1 Å². The van der Waals surface area contributed by atoms with Crippen LogP contribution in [0.2, 0.25) is 0 Å². The Bertz CT molecular complexity index is 876. The van der Waals surface area contributed by atoms with E-state index in [0.717, 1.165) is 16.9 Å². The maximum atomic E-state index is 12.2. The summed E-state index contributed by atoms with van der Waals surface area (Å²) in [6, 6.07) is 3.93. The minimum absolute atomic E-state index is 0.0253. The van der Waals surface area contributed by atoms with Gasteiger partial charge in [-0.2, -0.15) is 0 Å². The van der Waals surface area contributed by atoms with Gasteiger partial charge in [0, 0.05) is 37.2 Å². The van der Waals surface area contributed by atoms with Crippen LogP contribution >= 0.6 is 0 Å². The average Bonchev–Trinajstić information content (AvgIpc) is 3.21. The van der Waals surface area contributed by atoms with E-state index in [1.807, 2.05) is 35.9 Å². The summed E-state index contributed by atoms with van der Waals surface area (Å²) in [5.41, 5.74) is 2.11. The Morgan fingerprint density at radius 3 is 2.81 bits per heavy atom. The number of rotatable bonds is 8. The topological polar surface area (TPSA) is 113 Å². The summed E-state index contributed by atoms with van der Waals surface area (Å²) in [6.07, 6.45) is 5.72. The largest absolute Gasteiger partial charge is 0.481 e. The molecular weight excluding hydrogens is 348 g/mol. The standard InChI is InChI=1S/C19H24N4O4/c1-13-3-2-10-23-12-14(21-18(13)23)11-20-15(24)4-7-19(9-6-17(26)27)8-5-16(25)22-19/h2-3,10,12H,4-9,11H2,1H3,(H,20,24)(H,22,25)(H,26,27). The SMILES string of the molecule is Cc1cccn2cc(CNC(=O)CCC3(CCC(=O)O)CCC(=O)N3)nc12. The molecule has 1 fully saturated rings. The van der Waals surface area contributed by atoms with Crippen molar-refractivity contribution in [3.05, 3.63) is 35.8 Å². The highest BCUT2D eigenvalue weighted by Gasteiger charge is 2.37. The fraction of sp³-hybridized carbons (Fsp3) is 0.474. The van der Waals surface area contributed by atoms with E-state index in [-0.39, 0.29) is 24.7 Å². The van der Waals surface area contributed by atoms with Crippen molar-refractivity contribution in [3.8, 4) is 0 Å². The molecule has 2 aromatic rings. The molecule has 1 aliphatic rings. The number of hydrogen-bond donors (Lipinski definition) is 3. The predicted molar refractivity (Wildman–Crippen MR) is 98.0 cm³/mol. The lowest BCUT2D eigenvalue weighted by atomic mass is 9.86. The van der Waals surface area contributed by atoms with E-state index in [2.05, 4.69) is 15.6 Å². The van der Waals surface area contributed by atoms with Crippen LogP contribution in [0.15, 0.2) is 24.5 Å². The first-order valence-corrected chi connectivity index (χ1v) is 9.10. The average molecular weight is 372 g/mol. The van der Waals surface area contributed by atoms with Crippen LogP contribution < -0.4 is 10.6 Å². The second kappa shape index (κ2) is 7.77. The number of carbonyl (C=O) groups excluding carboxylic acids is 2. The summed E-state index contributed by atoms with van der Waals surface area (Å²) >= 11 is 0. The van der Waals surface area contributed by atoms with Crippen molar-refractivity contribution in [1.82, 2.24) is 20.0 Å². The van der Waals surface area contributed by atoms with Gasteiger partial charge in [-0.3, -0.25) is 14.4 Å². The molecule has 0 spiro atoms. The quantitative estimate of drug-likeness (QED) is 0.651. The Balaban J connectivity index is 1.53. The van der Waals surface area contributed by atoms with Gasteiger partial charge in [-0.15, -0.1) is 0 Å². The van der Waals surface area contributed by atoms with Crippen molar-refractivity contribution < 1.29 is 19.5 Å². The smallest absolute Gasteiger partial charge is 0.303 e. The molecule has 2 aromatic heterocycles. The first-order chi connectivity index (χ1) is 12.9. The Morgan fingerprint density at radius 1 is 1.37 bits per heavy atom. The van der Waals surface area contributed by atoms with Crippen LogP contribution in [-0.2, 0) is 20.9 Å². The lowest BCUT2D eigenvalue weighted by molar-refractivity contribution is -0.137. The molecule has 1 saturated heterocycles. The zero-order valence-corrected chi connectivity index (χ0v) is 15.3. The highest BCUT2D eigenvalue weighted by Crippen LogP contribution is 2.30. The molecule has 0 radical (unpaired) electrons. The van der Waals surface area contributed by atoms with E-state index in [9.17, 15) is 14.4 Å². The third-order valence-corrected chi connectivity index (χ3v) is 5.08. The zero-order chi connectivity index (χ0) is 19.4. The molecule has 3 heterocycles. The lowest BCUT2D eigenvalue weighted by Crippen LogP contribution is -2.43. The third-order valence-electron chi connectivity index (χ3n) is 5.08. The number of nitrogens with zero attached hydrogens (tertiary/aromatic N) is 2. The molecule has 3 N–H and O–H groups in total. The molecule has 3 rings (SSSR count). The van der Waals surface area contributed by atoms with Gasteiger partial charge in [0.25, 0.3) is 0 Å². The Labute approximate surface area is 157 Å². The van der Waals surface area contributed by atoms with E-state index in [1.165, 1.54) is 0 Å². The number of aliphatic carboxylic acids is 1. The van der Waals surface area contributed by atoms with E-state index in [0.29, 0.717) is 32.2 Å². The van der Waals surface area contributed by atoms with Gasteiger partial charge in [0.1, 0.15) is 5.65 Å². The van der Waals surface area contributed by atoms with Crippen LogP contribution in [0.5, 0.6) is 0 Å². The first-order valence-electron chi connectivity index (χ1n) is 9.10. The van der Waals surface area contributed by atoms with Gasteiger partial charge in [0.15, 0.2) is 0 Å². The first kappa shape index (κ1) is 18.9. The number of hydrogen-bond acceptors (Lipinski definition) is 4. The molecule has 1 aliphatic heterocycles. The summed E-state index contributed by atoms with van der Waals surface area (Å²) in [7, 11) is 0. The van der Waals surface area contributed by atoms with Gasteiger partial charge >= 0.3 is 5.97 Å². The highest BCUT2D eigenvalue weighted by atomic mass is 16.4. The van der Waals surface area contributed by atoms with Gasteiger partial charge in [-0.05, 0) is 37.8 Å². The number of carboxylic acids is 1. The van der Waals surface area contributed by atoms with Gasteiger partial charge in [0.2, 0.25) is 11.8 Å². The third kappa shape index (κ3) is 4.64. The molecule has 0 aliphatic carbocycles. The van der Waals surface area contributed by atoms with Crippen LogP contribution in [0.1, 0.15) is 49.8 Å². The Morgan fingerprint density at radius 2 is 2.15 bits per heavy atom. The normalized spacial score (nSPS) is 19.2. The van der Waals surface area contributed by atoms with Crippen molar-refractivity contribution in [2.24, 2.45) is 0 Å². The summed E-state index contributed by atoms with van der Waals surface area (Å²) in [5, 5.41) is 14.7. The predicted octanol–water partition coefficient (Wildman–Crippen LogP) is 1.55. The molecule has 1 unspecified atom stereocenters. The molecule has 8 nitrogen and oxygen atoms in total. The van der Waals surface area contributed by atoms with E-state index in [4.69, 9.17) is 5.11 Å². The Kier molecular flexibility index (Phi) is 5.43. The van der Waals surface area contributed by atoms with Crippen molar-refractivity contribution >= 4 is 23.4 Å². The number of carbonyl (C=O) groups is 3. The van der Waals surface area contributed by atoms with Crippen molar-refractivity contribution in [1.29, 1.82) is 0 Å². The van der Waals surface area contributed by atoms with Crippen molar-refractivity contribution in [2.75, 3.05) is 0 Å². The number of imidazole rings is 1. The van der Waals surface area contributed by atoms with Crippen LogP contribution in [0, 0.1) is 6.92 Å². The number of amides is 2. The maximum absolute atomic E-state index is 12.2. The molecule has 144 valence electrons. The number of pyridine rings is 1. The Hall–Kier alpha value is -2.90. The maximum Gasteiger partial charge on any atom is 0.303 e. The number of carboxylic acid groups (broad SMARTS) is 1. The number of fused-ring (bicyclic) bond motifs is 1. The molecule has 27 heavy (non-hydrogen) atoms. The second-order valence-electron chi connectivity index (χ2n) is 7.15. The van der Waals surface area contributed by atoms with E-state index >= 15 is 0 Å². The van der Waals surface area contributed by atoms with Crippen LogP contribution in [0.4, 0.5) is 0 Å². The minimum atomic E-state index is -0.901. The lowest BCUT2D eigenvalue weighted by Gasteiger charge is -2.28. The number of aromatic nitrogens is 2. The highest BCUT2D eigenvalue weighted by molar-refractivity contribution is 5.80. The molecule has 2 amide bonds. The zero-order valence-electron chi connectivity index (χ0n) is 15.3. The molecule has 0 aromatic carbocycles. The molecule has 0 bridgehead atoms. The summed E-state index contributed by atoms with van der Waals surface area (Å²) in [5.74, 6) is -1.12. The van der Waals surface area contributed by atoms with Gasteiger partial charge in [-0.25, -0.2) is 4.98 Å². The fourth-order valence-electron chi connectivity index (χ4n) is 3.54. The monoisotopic (exact) mass is 372 g/mol. The number of aryl methyl sites for hydroxylation is 1. The molecule has 8 heteroatoms. The fourth-order valence-corrected chi connectivity index (χ4v) is 3.54. The summed E-state index contributed by atoms with van der Waals surface area (Å²) in [6.45, 7) is 2.31. The van der Waals surface area contributed by atoms with Crippen LogP contribution in [-0.4, -0.2) is 37.8 Å². The van der Waals surface area contributed by atoms with Gasteiger partial charge in [0.05, 0.1) is 12.2 Å². The second-order valence-corrected chi connectivity index (χ2v) is 7.15. The van der Waals surface area contributed by atoms with E-state index in [1.54, 1.807) is 0 Å². The van der Waals surface area contributed by atoms with E-state index < -0.39 is 11.5 Å². The van der Waals surface area contributed by atoms with Crippen molar-refractivity contribution in [2.45, 2.75) is 57.5 Å². The van der Waals surface area contributed by atoms with Gasteiger partial charge in [-0.1, -0.05) is 6.07 Å². The van der Waals surface area contributed by atoms with Crippen LogP contribution in [0.25, 0.3) is 5.65 Å². The molecule has 1 atom stereocenters. The van der Waals surface area contributed by atoms with Crippen LogP contribution in [0.3, 0.4) is 0 Å². The summed E-state index contributed by atoms with van der Waals surface area (Å²) < 4.78 is 1.92.